The molecule has 1 saturated heterocycles. The highest BCUT2D eigenvalue weighted by Gasteiger charge is 2.39. The molecule has 1 aliphatic heterocycles. The Morgan fingerprint density at radius 2 is 2.06 bits per heavy atom. The van der Waals surface area contributed by atoms with Crippen LogP contribution in [-0.2, 0) is 25.7 Å². The number of aryl methyl sites for hydroxylation is 1. The summed E-state index contributed by atoms with van der Waals surface area (Å²) in [7, 11) is 0. The molecule has 1 saturated carbocycles. The molecule has 164 valence electrons. The first kappa shape index (κ1) is 21.5. The molecule has 1 atom stereocenters. The Morgan fingerprint density at radius 3 is 2.77 bits per heavy atom. The molecular weight excluding hydrogens is 414 g/mol. The zero-order valence-electron chi connectivity index (χ0n) is 17.9. The Hall–Kier alpha value is -2.74. The summed E-state index contributed by atoms with van der Waals surface area (Å²) in [6.07, 6.45) is 4.58. The van der Waals surface area contributed by atoms with Gasteiger partial charge in [0.1, 0.15) is 6.61 Å². The van der Waals surface area contributed by atoms with Crippen molar-refractivity contribution < 1.29 is 19.1 Å². The lowest BCUT2D eigenvalue weighted by atomic mass is 10.1. The predicted molar refractivity (Wildman–Crippen MR) is 118 cm³/mol. The van der Waals surface area contributed by atoms with Crippen LogP contribution in [0.15, 0.2) is 29.6 Å². The standard InChI is InChI=1S/C23H27N3O4S/c1-15-6-5-9-20(10-15)26(16(2)27)23-24-18(14-31-23)13-30-22(29)17-11-21(28)25(12-17)19-7-3-4-8-19/h5-6,9-10,14,17,19H,3-4,7-8,11-13H2,1-2H3/t17-/m0/s1. The van der Waals surface area contributed by atoms with Gasteiger partial charge in [-0.15, -0.1) is 11.3 Å². The van der Waals surface area contributed by atoms with Gasteiger partial charge in [0.2, 0.25) is 11.8 Å². The summed E-state index contributed by atoms with van der Waals surface area (Å²) in [6, 6.07) is 7.94. The maximum absolute atomic E-state index is 12.5. The minimum absolute atomic E-state index is 0.0308. The smallest absolute Gasteiger partial charge is 0.311 e. The number of carbonyl (C=O) groups excluding carboxylic acids is 3. The molecule has 7 nitrogen and oxygen atoms in total. The van der Waals surface area contributed by atoms with Crippen LogP contribution in [0.3, 0.4) is 0 Å². The normalized spacial score (nSPS) is 19.1. The minimum Gasteiger partial charge on any atom is -0.459 e. The number of likely N-dealkylation sites (tertiary alicyclic amines) is 1. The number of hydrogen-bond acceptors (Lipinski definition) is 6. The highest BCUT2D eigenvalue weighted by molar-refractivity contribution is 7.14. The average Bonchev–Trinajstić information content (AvgIpc) is 3.47. The lowest BCUT2D eigenvalue weighted by Crippen LogP contribution is -2.35. The summed E-state index contributed by atoms with van der Waals surface area (Å²) in [5.41, 5.74) is 2.39. The SMILES string of the molecule is CC(=O)N(c1cccc(C)c1)c1nc(COC(=O)[C@H]2CC(=O)N(C3CCCC3)C2)cs1. The van der Waals surface area contributed by atoms with E-state index in [4.69, 9.17) is 4.74 Å². The number of thiazole rings is 1. The Bertz CT molecular complexity index is 983. The second-order valence-electron chi connectivity index (χ2n) is 8.31. The number of aromatic nitrogens is 1. The van der Waals surface area contributed by atoms with Crippen LogP contribution in [0.2, 0.25) is 0 Å². The van der Waals surface area contributed by atoms with Crippen LogP contribution >= 0.6 is 11.3 Å². The monoisotopic (exact) mass is 441 g/mol. The number of anilines is 2. The summed E-state index contributed by atoms with van der Waals surface area (Å²) >= 11 is 1.33. The molecule has 0 radical (unpaired) electrons. The van der Waals surface area contributed by atoms with E-state index < -0.39 is 5.92 Å². The molecule has 8 heteroatoms. The van der Waals surface area contributed by atoms with Gasteiger partial charge in [0, 0.05) is 31.3 Å². The molecule has 2 amide bonds. The molecule has 2 aromatic rings. The summed E-state index contributed by atoms with van der Waals surface area (Å²) in [5, 5.41) is 2.33. The third-order valence-electron chi connectivity index (χ3n) is 5.93. The molecule has 4 rings (SSSR count). The van der Waals surface area contributed by atoms with Crippen LogP contribution in [0.4, 0.5) is 10.8 Å². The fourth-order valence-electron chi connectivity index (χ4n) is 4.38. The van der Waals surface area contributed by atoms with Gasteiger partial charge < -0.3 is 9.64 Å². The Morgan fingerprint density at radius 1 is 1.29 bits per heavy atom. The summed E-state index contributed by atoms with van der Waals surface area (Å²) in [5.74, 6) is -0.849. The molecule has 0 unspecified atom stereocenters. The van der Waals surface area contributed by atoms with Crippen molar-refractivity contribution in [3.8, 4) is 0 Å². The topological polar surface area (TPSA) is 79.8 Å². The molecular formula is C23H27N3O4S. The van der Waals surface area contributed by atoms with Gasteiger partial charge in [-0.3, -0.25) is 19.3 Å². The Balaban J connectivity index is 1.37. The van der Waals surface area contributed by atoms with Gasteiger partial charge in [-0.1, -0.05) is 25.0 Å². The fourth-order valence-corrected chi connectivity index (χ4v) is 5.25. The molecule has 1 aliphatic carbocycles. The summed E-state index contributed by atoms with van der Waals surface area (Å²) < 4.78 is 5.47. The lowest BCUT2D eigenvalue weighted by Gasteiger charge is -2.23. The summed E-state index contributed by atoms with van der Waals surface area (Å²) in [6.45, 7) is 3.95. The predicted octanol–water partition coefficient (Wildman–Crippen LogP) is 3.97. The number of benzene rings is 1. The fraction of sp³-hybridized carbons (Fsp3) is 0.478. The van der Waals surface area contributed by atoms with E-state index in [1.807, 2.05) is 36.1 Å². The van der Waals surface area contributed by atoms with Crippen LogP contribution in [0, 0.1) is 12.8 Å². The van der Waals surface area contributed by atoms with E-state index in [0.717, 1.165) is 36.9 Å². The first-order valence-corrected chi connectivity index (χ1v) is 11.6. The van der Waals surface area contributed by atoms with Gasteiger partial charge >= 0.3 is 5.97 Å². The molecule has 1 aromatic heterocycles. The first-order chi connectivity index (χ1) is 14.9. The molecule has 0 spiro atoms. The van der Waals surface area contributed by atoms with E-state index in [0.29, 0.717) is 17.4 Å². The van der Waals surface area contributed by atoms with Gasteiger partial charge in [-0.25, -0.2) is 4.98 Å². The second kappa shape index (κ2) is 9.18. The van der Waals surface area contributed by atoms with E-state index >= 15 is 0 Å². The third kappa shape index (κ3) is 4.79. The number of hydrogen-bond donors (Lipinski definition) is 0. The van der Waals surface area contributed by atoms with Crippen LogP contribution in [-0.4, -0.2) is 40.3 Å². The van der Waals surface area contributed by atoms with Crippen LogP contribution in [0.5, 0.6) is 0 Å². The Kier molecular flexibility index (Phi) is 6.36. The number of rotatable bonds is 6. The molecule has 31 heavy (non-hydrogen) atoms. The van der Waals surface area contributed by atoms with Crippen LogP contribution in [0.25, 0.3) is 0 Å². The zero-order chi connectivity index (χ0) is 22.0. The molecule has 0 N–H and O–H groups in total. The molecule has 2 heterocycles. The van der Waals surface area contributed by atoms with Crippen molar-refractivity contribution in [2.45, 2.75) is 58.6 Å². The lowest BCUT2D eigenvalue weighted by molar-refractivity contribution is -0.149. The van der Waals surface area contributed by atoms with Crippen molar-refractivity contribution in [1.29, 1.82) is 0 Å². The summed E-state index contributed by atoms with van der Waals surface area (Å²) in [4.78, 5) is 45.0. The number of esters is 1. The van der Waals surface area contributed by atoms with E-state index in [-0.39, 0.29) is 36.9 Å². The van der Waals surface area contributed by atoms with E-state index in [9.17, 15) is 14.4 Å². The maximum Gasteiger partial charge on any atom is 0.311 e. The zero-order valence-corrected chi connectivity index (χ0v) is 18.7. The van der Waals surface area contributed by atoms with Crippen molar-refractivity contribution in [3.63, 3.8) is 0 Å². The second-order valence-corrected chi connectivity index (χ2v) is 9.14. The number of carbonyl (C=O) groups is 3. The molecule has 2 fully saturated rings. The quantitative estimate of drug-likeness (QED) is 0.634. The minimum atomic E-state index is -0.410. The number of ether oxygens (including phenoxy) is 1. The molecule has 1 aromatic carbocycles. The van der Waals surface area contributed by atoms with Crippen molar-refractivity contribution >= 4 is 39.9 Å². The third-order valence-corrected chi connectivity index (χ3v) is 6.80. The van der Waals surface area contributed by atoms with E-state index in [1.54, 1.807) is 10.3 Å². The number of amides is 2. The maximum atomic E-state index is 12.5. The van der Waals surface area contributed by atoms with Gasteiger partial charge in [0.25, 0.3) is 0 Å². The van der Waals surface area contributed by atoms with Gasteiger partial charge in [-0.2, -0.15) is 0 Å². The van der Waals surface area contributed by atoms with Gasteiger partial charge in [-0.05, 0) is 37.5 Å². The molecule has 0 bridgehead atoms. The van der Waals surface area contributed by atoms with Crippen molar-refractivity contribution in [2.75, 3.05) is 11.4 Å². The van der Waals surface area contributed by atoms with Gasteiger partial charge in [0.15, 0.2) is 5.13 Å². The highest BCUT2D eigenvalue weighted by Crippen LogP contribution is 2.31. The first-order valence-electron chi connectivity index (χ1n) is 10.7. The van der Waals surface area contributed by atoms with E-state index in [2.05, 4.69) is 4.98 Å². The Labute approximate surface area is 186 Å². The largest absolute Gasteiger partial charge is 0.459 e. The van der Waals surface area contributed by atoms with Crippen LogP contribution in [0.1, 0.15) is 50.3 Å². The molecule has 2 aliphatic rings. The van der Waals surface area contributed by atoms with Gasteiger partial charge in [0.05, 0.1) is 17.3 Å². The number of nitrogens with zero attached hydrogens (tertiary/aromatic N) is 3. The van der Waals surface area contributed by atoms with Crippen molar-refractivity contribution in [1.82, 2.24) is 9.88 Å². The average molecular weight is 442 g/mol. The van der Waals surface area contributed by atoms with Crippen LogP contribution < -0.4 is 4.90 Å². The van der Waals surface area contributed by atoms with Crippen molar-refractivity contribution in [3.05, 3.63) is 40.9 Å². The highest BCUT2D eigenvalue weighted by atomic mass is 32.1. The van der Waals surface area contributed by atoms with E-state index in [1.165, 1.54) is 18.3 Å². The van der Waals surface area contributed by atoms with Crippen molar-refractivity contribution in [2.24, 2.45) is 5.92 Å².